The van der Waals surface area contributed by atoms with Crippen LogP contribution >= 0.6 is 15.9 Å². The molecule has 0 spiro atoms. The Labute approximate surface area is 118 Å². The van der Waals surface area contributed by atoms with Gasteiger partial charge in [0.05, 0.1) is 0 Å². The second-order valence-electron chi connectivity index (χ2n) is 4.08. The Morgan fingerprint density at radius 2 is 1.89 bits per heavy atom. The smallest absolute Gasteiger partial charge is 0.251 e. The second kappa shape index (κ2) is 5.84. The fourth-order valence-corrected chi connectivity index (χ4v) is 2.14. The number of benzene rings is 2. The highest BCUT2D eigenvalue weighted by Gasteiger charge is 2.07. The van der Waals surface area contributed by atoms with Gasteiger partial charge in [0, 0.05) is 22.3 Å². The third-order valence-corrected chi connectivity index (χ3v) is 3.01. The first-order valence-electron chi connectivity index (χ1n) is 5.63. The summed E-state index contributed by atoms with van der Waals surface area (Å²) in [6, 6.07) is 11.0. The van der Waals surface area contributed by atoms with E-state index in [1.165, 1.54) is 12.1 Å². The van der Waals surface area contributed by atoms with E-state index >= 15 is 0 Å². The van der Waals surface area contributed by atoms with Gasteiger partial charge in [0.15, 0.2) is 0 Å². The highest BCUT2D eigenvalue weighted by molar-refractivity contribution is 9.10. The maximum atomic E-state index is 12.7. The van der Waals surface area contributed by atoms with Crippen LogP contribution in [0.5, 0.6) is 0 Å². The van der Waals surface area contributed by atoms with Crippen LogP contribution in [0.1, 0.15) is 15.9 Å². The molecule has 0 aliphatic rings. The van der Waals surface area contributed by atoms with Gasteiger partial charge in [-0.25, -0.2) is 4.39 Å². The molecule has 98 valence electrons. The number of hydrogen-bond acceptors (Lipinski definition) is 2. The molecule has 0 aliphatic carbocycles. The van der Waals surface area contributed by atoms with Gasteiger partial charge >= 0.3 is 0 Å². The molecule has 3 N–H and O–H groups in total. The number of hydrogen-bond donors (Lipinski definition) is 2. The van der Waals surface area contributed by atoms with Gasteiger partial charge in [-0.3, -0.25) is 4.79 Å². The molecule has 2 rings (SSSR count). The van der Waals surface area contributed by atoms with Crippen LogP contribution in [-0.2, 0) is 6.54 Å². The number of nitrogens with two attached hydrogens (primary N) is 1. The van der Waals surface area contributed by atoms with E-state index in [0.717, 1.165) is 10.0 Å². The van der Waals surface area contributed by atoms with Gasteiger partial charge in [-0.05, 0) is 35.9 Å². The van der Waals surface area contributed by atoms with Gasteiger partial charge < -0.3 is 11.1 Å². The standard InChI is InChI=1S/C14H12BrFN2O/c15-11-5-10(6-13(17)7-11)14(19)18-8-9-1-3-12(16)4-2-9/h1-7H,8,17H2,(H,18,19). The third kappa shape index (κ3) is 3.79. The molecular formula is C14H12BrFN2O. The number of nitrogen functional groups attached to an aromatic ring is 1. The second-order valence-corrected chi connectivity index (χ2v) is 5.00. The van der Waals surface area contributed by atoms with E-state index in [-0.39, 0.29) is 11.7 Å². The Morgan fingerprint density at radius 3 is 2.53 bits per heavy atom. The lowest BCUT2D eigenvalue weighted by Gasteiger charge is -2.07. The quantitative estimate of drug-likeness (QED) is 0.853. The van der Waals surface area contributed by atoms with E-state index in [2.05, 4.69) is 21.2 Å². The largest absolute Gasteiger partial charge is 0.399 e. The molecule has 0 atom stereocenters. The van der Waals surface area contributed by atoms with Crippen LogP contribution in [0.15, 0.2) is 46.9 Å². The number of rotatable bonds is 3. The zero-order valence-electron chi connectivity index (χ0n) is 9.99. The molecule has 0 radical (unpaired) electrons. The molecule has 0 fully saturated rings. The van der Waals surface area contributed by atoms with Gasteiger partial charge in [-0.2, -0.15) is 0 Å². The van der Waals surface area contributed by atoms with Crippen molar-refractivity contribution in [2.75, 3.05) is 5.73 Å². The van der Waals surface area contributed by atoms with Gasteiger partial charge in [0.1, 0.15) is 5.82 Å². The van der Waals surface area contributed by atoms with Crippen LogP contribution in [0.4, 0.5) is 10.1 Å². The van der Waals surface area contributed by atoms with Gasteiger partial charge in [0.25, 0.3) is 5.91 Å². The van der Waals surface area contributed by atoms with E-state index in [1.807, 2.05) is 0 Å². The Hall–Kier alpha value is -1.88. The lowest BCUT2D eigenvalue weighted by Crippen LogP contribution is -2.22. The zero-order valence-corrected chi connectivity index (χ0v) is 11.6. The Morgan fingerprint density at radius 1 is 1.21 bits per heavy atom. The average molecular weight is 323 g/mol. The Bertz CT molecular complexity index is 579. The van der Waals surface area contributed by atoms with Crippen molar-refractivity contribution in [1.29, 1.82) is 0 Å². The van der Waals surface area contributed by atoms with Crippen molar-refractivity contribution in [3.63, 3.8) is 0 Å². The summed E-state index contributed by atoms with van der Waals surface area (Å²) in [6.07, 6.45) is 0. The highest BCUT2D eigenvalue weighted by atomic mass is 79.9. The monoisotopic (exact) mass is 322 g/mol. The SMILES string of the molecule is Nc1cc(Br)cc(C(=O)NCc2ccc(F)cc2)c1. The number of carbonyl (C=O) groups is 1. The fraction of sp³-hybridized carbons (Fsp3) is 0.0714. The summed E-state index contributed by atoms with van der Waals surface area (Å²) >= 11 is 3.28. The van der Waals surface area contributed by atoms with Crippen LogP contribution in [0, 0.1) is 5.82 Å². The van der Waals surface area contributed by atoms with Crippen molar-refractivity contribution in [2.45, 2.75) is 6.54 Å². The molecule has 0 unspecified atom stereocenters. The minimum absolute atomic E-state index is 0.225. The summed E-state index contributed by atoms with van der Waals surface area (Å²) < 4.78 is 13.5. The molecule has 0 bridgehead atoms. The summed E-state index contributed by atoms with van der Waals surface area (Å²) in [5, 5.41) is 2.75. The van der Waals surface area contributed by atoms with E-state index in [4.69, 9.17) is 5.73 Å². The molecule has 0 aliphatic heterocycles. The third-order valence-electron chi connectivity index (χ3n) is 2.55. The van der Waals surface area contributed by atoms with Crippen molar-refractivity contribution in [2.24, 2.45) is 0 Å². The van der Waals surface area contributed by atoms with E-state index < -0.39 is 0 Å². The zero-order chi connectivity index (χ0) is 13.8. The minimum atomic E-state index is -0.296. The maximum Gasteiger partial charge on any atom is 0.251 e. The van der Waals surface area contributed by atoms with E-state index in [9.17, 15) is 9.18 Å². The first-order valence-corrected chi connectivity index (χ1v) is 6.42. The first kappa shape index (κ1) is 13.5. The number of nitrogens with one attached hydrogen (secondary N) is 1. The summed E-state index contributed by atoms with van der Waals surface area (Å²) in [5.41, 5.74) is 7.50. The summed E-state index contributed by atoms with van der Waals surface area (Å²) in [4.78, 5) is 11.9. The van der Waals surface area contributed by atoms with Gasteiger partial charge in [-0.15, -0.1) is 0 Å². The molecular weight excluding hydrogens is 311 g/mol. The molecule has 0 saturated carbocycles. The molecule has 0 aromatic heterocycles. The van der Waals surface area contributed by atoms with Crippen LogP contribution in [0.3, 0.4) is 0 Å². The van der Waals surface area contributed by atoms with Crippen molar-refractivity contribution in [1.82, 2.24) is 5.32 Å². The number of halogens is 2. The fourth-order valence-electron chi connectivity index (χ4n) is 1.63. The van der Waals surface area contributed by atoms with Crippen molar-refractivity contribution >= 4 is 27.5 Å². The lowest BCUT2D eigenvalue weighted by molar-refractivity contribution is 0.0951. The van der Waals surface area contributed by atoms with Gasteiger partial charge in [-0.1, -0.05) is 28.1 Å². The molecule has 0 saturated heterocycles. The molecule has 5 heteroatoms. The lowest BCUT2D eigenvalue weighted by atomic mass is 10.1. The Kier molecular flexibility index (Phi) is 4.16. The highest BCUT2D eigenvalue weighted by Crippen LogP contribution is 2.17. The van der Waals surface area contributed by atoms with Crippen LogP contribution in [0.2, 0.25) is 0 Å². The summed E-state index contributed by atoms with van der Waals surface area (Å²) in [5.74, 6) is -0.521. The molecule has 1 amide bonds. The summed E-state index contributed by atoms with van der Waals surface area (Å²) in [7, 11) is 0. The van der Waals surface area contributed by atoms with E-state index in [1.54, 1.807) is 30.3 Å². The van der Waals surface area contributed by atoms with Crippen molar-refractivity contribution < 1.29 is 9.18 Å². The Balaban J connectivity index is 2.03. The number of carbonyl (C=O) groups excluding carboxylic acids is 1. The molecule has 3 nitrogen and oxygen atoms in total. The first-order chi connectivity index (χ1) is 9.04. The molecule has 0 heterocycles. The van der Waals surface area contributed by atoms with Crippen molar-refractivity contribution in [3.05, 3.63) is 63.9 Å². The topological polar surface area (TPSA) is 55.1 Å². The molecule has 19 heavy (non-hydrogen) atoms. The van der Waals surface area contributed by atoms with Crippen LogP contribution in [0.25, 0.3) is 0 Å². The average Bonchev–Trinajstić information content (AvgIpc) is 2.36. The van der Waals surface area contributed by atoms with Gasteiger partial charge in [0.2, 0.25) is 0 Å². The number of anilines is 1. The van der Waals surface area contributed by atoms with Crippen LogP contribution < -0.4 is 11.1 Å². The maximum absolute atomic E-state index is 12.7. The van der Waals surface area contributed by atoms with Crippen molar-refractivity contribution in [3.8, 4) is 0 Å². The van der Waals surface area contributed by atoms with Crippen LogP contribution in [-0.4, -0.2) is 5.91 Å². The normalized spacial score (nSPS) is 10.2. The molecule has 2 aromatic carbocycles. The van der Waals surface area contributed by atoms with E-state index in [0.29, 0.717) is 17.8 Å². The minimum Gasteiger partial charge on any atom is -0.399 e. The predicted octanol–water partition coefficient (Wildman–Crippen LogP) is 3.10. The number of amides is 1. The molecule has 2 aromatic rings. The summed E-state index contributed by atoms with van der Waals surface area (Å²) in [6.45, 7) is 0.339. The predicted molar refractivity (Wildman–Crippen MR) is 76.1 cm³/mol.